The average molecular weight is 255 g/mol. The summed E-state index contributed by atoms with van der Waals surface area (Å²) >= 11 is 0. The predicted molar refractivity (Wildman–Crippen MR) is 62.1 cm³/mol. The topological polar surface area (TPSA) is 40.7 Å². The third kappa shape index (κ3) is 2.82. The van der Waals surface area contributed by atoms with E-state index in [1.165, 1.54) is 6.07 Å². The van der Waals surface area contributed by atoms with Crippen molar-refractivity contribution in [1.29, 1.82) is 0 Å². The molecule has 2 aromatic rings. The fourth-order valence-electron chi connectivity index (χ4n) is 1.65. The second-order valence-corrected chi connectivity index (χ2v) is 3.98. The van der Waals surface area contributed by atoms with E-state index in [0.29, 0.717) is 5.56 Å². The number of H-pyrrole nitrogens is 1. The Labute approximate surface area is 102 Å². The van der Waals surface area contributed by atoms with Crippen LogP contribution in [0.1, 0.15) is 24.1 Å². The monoisotopic (exact) mass is 255 g/mol. The van der Waals surface area contributed by atoms with E-state index in [-0.39, 0.29) is 6.04 Å². The van der Waals surface area contributed by atoms with Crippen LogP contribution in [0.2, 0.25) is 0 Å². The van der Waals surface area contributed by atoms with Gasteiger partial charge in [-0.3, -0.25) is 5.10 Å². The molecule has 1 unspecified atom stereocenters. The molecule has 0 radical (unpaired) electrons. The van der Waals surface area contributed by atoms with Gasteiger partial charge in [-0.1, -0.05) is 12.1 Å². The number of rotatable bonds is 3. The fourth-order valence-corrected chi connectivity index (χ4v) is 1.65. The first-order valence-electron chi connectivity index (χ1n) is 5.39. The van der Waals surface area contributed by atoms with Gasteiger partial charge in [0.25, 0.3) is 0 Å². The molecule has 1 aromatic carbocycles. The maximum absolute atomic E-state index is 12.6. The molecule has 96 valence electrons. The molecule has 6 heteroatoms. The highest BCUT2D eigenvalue weighted by Crippen LogP contribution is 2.31. The number of halogens is 3. The van der Waals surface area contributed by atoms with Crippen molar-refractivity contribution in [3.8, 4) is 0 Å². The molecule has 0 fully saturated rings. The number of benzene rings is 1. The summed E-state index contributed by atoms with van der Waals surface area (Å²) in [7, 11) is 0. The van der Waals surface area contributed by atoms with Crippen LogP contribution in [0.5, 0.6) is 0 Å². The van der Waals surface area contributed by atoms with Crippen LogP contribution in [-0.4, -0.2) is 10.2 Å². The standard InChI is InChI=1S/C12H12F3N3/c1-8(18-11-6-16-17-7-11)9-3-2-4-10(5-9)12(13,14)15/h2-8,18H,1H3,(H,16,17). The first-order chi connectivity index (χ1) is 8.47. The van der Waals surface area contributed by atoms with Crippen molar-refractivity contribution in [2.45, 2.75) is 19.1 Å². The molecular formula is C12H12F3N3. The third-order valence-electron chi connectivity index (χ3n) is 2.60. The molecule has 1 atom stereocenters. The molecule has 0 aliphatic carbocycles. The molecule has 0 saturated carbocycles. The minimum absolute atomic E-state index is 0.232. The predicted octanol–water partition coefficient (Wildman–Crippen LogP) is 3.60. The highest BCUT2D eigenvalue weighted by atomic mass is 19.4. The van der Waals surface area contributed by atoms with Crippen molar-refractivity contribution in [1.82, 2.24) is 10.2 Å². The average Bonchev–Trinajstić information content (AvgIpc) is 2.81. The highest BCUT2D eigenvalue weighted by Gasteiger charge is 2.30. The molecule has 3 nitrogen and oxygen atoms in total. The summed E-state index contributed by atoms with van der Waals surface area (Å²) in [5, 5.41) is 9.44. The Bertz CT molecular complexity index is 506. The van der Waals surface area contributed by atoms with Gasteiger partial charge in [0.15, 0.2) is 0 Å². The van der Waals surface area contributed by atoms with Crippen LogP contribution in [0.25, 0.3) is 0 Å². The van der Waals surface area contributed by atoms with Gasteiger partial charge in [-0.25, -0.2) is 0 Å². The number of aromatic amines is 1. The zero-order valence-electron chi connectivity index (χ0n) is 9.62. The van der Waals surface area contributed by atoms with Crippen LogP contribution in [0.4, 0.5) is 18.9 Å². The first-order valence-corrected chi connectivity index (χ1v) is 5.39. The summed E-state index contributed by atoms with van der Waals surface area (Å²) in [6.07, 6.45) is -1.10. The number of hydrogen-bond acceptors (Lipinski definition) is 2. The smallest absolute Gasteiger partial charge is 0.376 e. The minimum Gasteiger partial charge on any atom is -0.376 e. The van der Waals surface area contributed by atoms with E-state index in [0.717, 1.165) is 17.8 Å². The Morgan fingerprint density at radius 3 is 2.72 bits per heavy atom. The molecule has 2 N–H and O–H groups in total. The van der Waals surface area contributed by atoms with E-state index < -0.39 is 11.7 Å². The Hall–Kier alpha value is -1.98. The summed E-state index contributed by atoms with van der Waals surface area (Å²) in [4.78, 5) is 0. The zero-order valence-corrected chi connectivity index (χ0v) is 9.62. The normalized spacial score (nSPS) is 13.3. The van der Waals surface area contributed by atoms with Crippen molar-refractivity contribution >= 4 is 5.69 Å². The SMILES string of the molecule is CC(Nc1cn[nH]c1)c1cccc(C(F)(F)F)c1. The molecule has 1 heterocycles. The summed E-state index contributed by atoms with van der Waals surface area (Å²) in [5.41, 5.74) is 0.673. The number of nitrogens with zero attached hydrogens (tertiary/aromatic N) is 1. The van der Waals surface area contributed by atoms with Crippen LogP contribution >= 0.6 is 0 Å². The van der Waals surface area contributed by atoms with Crippen molar-refractivity contribution in [3.63, 3.8) is 0 Å². The summed E-state index contributed by atoms with van der Waals surface area (Å²) < 4.78 is 37.7. The zero-order chi connectivity index (χ0) is 13.2. The Morgan fingerprint density at radius 2 is 2.11 bits per heavy atom. The Kier molecular flexibility index (Phi) is 3.27. The van der Waals surface area contributed by atoms with Crippen LogP contribution in [0.3, 0.4) is 0 Å². The summed E-state index contributed by atoms with van der Waals surface area (Å²) in [5.74, 6) is 0. The van der Waals surface area contributed by atoms with Gasteiger partial charge in [0.2, 0.25) is 0 Å². The van der Waals surface area contributed by atoms with Crippen molar-refractivity contribution in [3.05, 3.63) is 47.8 Å². The van der Waals surface area contributed by atoms with Gasteiger partial charge in [-0.05, 0) is 24.6 Å². The van der Waals surface area contributed by atoms with Gasteiger partial charge in [-0.15, -0.1) is 0 Å². The van der Waals surface area contributed by atoms with E-state index in [1.54, 1.807) is 25.4 Å². The molecular weight excluding hydrogens is 243 g/mol. The van der Waals surface area contributed by atoms with Crippen LogP contribution in [0, 0.1) is 0 Å². The lowest BCUT2D eigenvalue weighted by molar-refractivity contribution is -0.137. The second kappa shape index (κ2) is 4.72. The molecule has 0 aliphatic heterocycles. The lowest BCUT2D eigenvalue weighted by atomic mass is 10.0. The fraction of sp³-hybridized carbons (Fsp3) is 0.250. The molecule has 0 aliphatic rings. The molecule has 18 heavy (non-hydrogen) atoms. The quantitative estimate of drug-likeness (QED) is 0.879. The van der Waals surface area contributed by atoms with Crippen molar-refractivity contribution in [2.75, 3.05) is 5.32 Å². The van der Waals surface area contributed by atoms with Gasteiger partial charge in [-0.2, -0.15) is 18.3 Å². The summed E-state index contributed by atoms with van der Waals surface area (Å²) in [6.45, 7) is 1.79. The van der Waals surface area contributed by atoms with E-state index in [9.17, 15) is 13.2 Å². The number of aromatic nitrogens is 2. The number of anilines is 1. The van der Waals surface area contributed by atoms with Crippen LogP contribution in [0.15, 0.2) is 36.7 Å². The van der Waals surface area contributed by atoms with Crippen LogP contribution in [-0.2, 0) is 6.18 Å². The Morgan fingerprint density at radius 1 is 1.33 bits per heavy atom. The third-order valence-corrected chi connectivity index (χ3v) is 2.60. The van der Waals surface area contributed by atoms with Crippen molar-refractivity contribution < 1.29 is 13.2 Å². The number of nitrogens with one attached hydrogen (secondary N) is 2. The highest BCUT2D eigenvalue weighted by molar-refractivity contribution is 5.41. The van der Waals surface area contributed by atoms with Gasteiger partial charge in [0.05, 0.1) is 17.4 Å². The molecule has 0 saturated heterocycles. The lowest BCUT2D eigenvalue weighted by Gasteiger charge is -2.16. The molecule has 1 aromatic heterocycles. The number of alkyl halides is 3. The van der Waals surface area contributed by atoms with E-state index in [1.807, 2.05) is 0 Å². The van der Waals surface area contributed by atoms with Gasteiger partial charge < -0.3 is 5.32 Å². The van der Waals surface area contributed by atoms with Gasteiger partial charge in [0, 0.05) is 12.2 Å². The largest absolute Gasteiger partial charge is 0.416 e. The maximum atomic E-state index is 12.6. The molecule has 0 spiro atoms. The minimum atomic E-state index is -4.31. The van der Waals surface area contributed by atoms with Gasteiger partial charge in [0.1, 0.15) is 0 Å². The molecule has 0 bridgehead atoms. The van der Waals surface area contributed by atoms with Crippen LogP contribution < -0.4 is 5.32 Å². The molecule has 2 rings (SSSR count). The summed E-state index contributed by atoms with van der Waals surface area (Å²) in [6, 6.07) is 5.05. The second-order valence-electron chi connectivity index (χ2n) is 3.98. The first kappa shape index (κ1) is 12.5. The Balaban J connectivity index is 2.18. The van der Waals surface area contributed by atoms with Gasteiger partial charge >= 0.3 is 6.18 Å². The number of hydrogen-bond donors (Lipinski definition) is 2. The molecule has 0 amide bonds. The van der Waals surface area contributed by atoms with E-state index in [4.69, 9.17) is 0 Å². The van der Waals surface area contributed by atoms with E-state index >= 15 is 0 Å². The van der Waals surface area contributed by atoms with Crippen molar-refractivity contribution in [2.24, 2.45) is 0 Å². The lowest BCUT2D eigenvalue weighted by Crippen LogP contribution is -2.09. The van der Waals surface area contributed by atoms with E-state index in [2.05, 4.69) is 15.5 Å². The maximum Gasteiger partial charge on any atom is 0.416 e.